The van der Waals surface area contributed by atoms with Gasteiger partial charge in [0.1, 0.15) is 5.75 Å². The van der Waals surface area contributed by atoms with E-state index in [2.05, 4.69) is 42.6 Å². The molecule has 0 saturated heterocycles. The molecule has 2 heterocycles. The van der Waals surface area contributed by atoms with Crippen LogP contribution in [0.2, 0.25) is 0 Å². The molecule has 0 spiro atoms. The smallest absolute Gasteiger partial charge is 0.199 e. The zero-order chi connectivity index (χ0) is 23.2. The van der Waals surface area contributed by atoms with Crippen LogP contribution in [0.1, 0.15) is 66.2 Å². The fourth-order valence-corrected chi connectivity index (χ4v) is 4.29. The number of ether oxygens (including phenoxy) is 1. The first-order valence-electron chi connectivity index (χ1n) is 12.4. The first-order chi connectivity index (χ1) is 16.0. The second-order valence-electron chi connectivity index (χ2n) is 10.0. The van der Waals surface area contributed by atoms with Gasteiger partial charge in [0.15, 0.2) is 11.3 Å². The molecule has 0 amide bonds. The van der Waals surface area contributed by atoms with Crippen molar-refractivity contribution in [2.24, 2.45) is 17.8 Å². The molecule has 174 valence electrons. The Bertz CT molecular complexity index is 1210. The van der Waals surface area contributed by atoms with Gasteiger partial charge >= 0.3 is 0 Å². The predicted octanol–water partition coefficient (Wildman–Crippen LogP) is 7.37. The molecule has 33 heavy (non-hydrogen) atoms. The van der Waals surface area contributed by atoms with E-state index in [4.69, 9.17) is 9.72 Å². The minimum atomic E-state index is 0.531. The van der Waals surface area contributed by atoms with Crippen molar-refractivity contribution in [1.82, 2.24) is 19.9 Å². The van der Waals surface area contributed by atoms with Crippen LogP contribution in [-0.2, 0) is 0 Å². The van der Waals surface area contributed by atoms with Crippen LogP contribution in [0.25, 0.3) is 33.4 Å². The normalized spacial score (nSPS) is 13.7. The highest BCUT2D eigenvalue weighted by atomic mass is 16.5. The summed E-state index contributed by atoms with van der Waals surface area (Å²) in [6, 6.07) is 13.7. The summed E-state index contributed by atoms with van der Waals surface area (Å²) >= 11 is 0. The summed E-state index contributed by atoms with van der Waals surface area (Å²) in [7, 11) is 0. The van der Waals surface area contributed by atoms with Gasteiger partial charge in [-0.05, 0) is 48.4 Å². The molecule has 0 saturated carbocycles. The molecule has 0 bridgehead atoms. The molecular formula is C28H36N4O. The predicted molar refractivity (Wildman–Crippen MR) is 137 cm³/mol. The highest BCUT2D eigenvalue weighted by Crippen LogP contribution is 2.23. The van der Waals surface area contributed by atoms with Crippen LogP contribution in [0, 0.1) is 17.8 Å². The maximum Gasteiger partial charge on any atom is 0.199 e. The molecule has 5 heteroatoms. The van der Waals surface area contributed by atoms with Gasteiger partial charge in [0, 0.05) is 6.07 Å². The Kier molecular flexibility index (Phi) is 7.69. The Balaban J connectivity index is 1.32. The number of rotatable bonds is 11. The largest absolute Gasteiger partial charge is 0.493 e. The Morgan fingerprint density at radius 3 is 1.82 bits per heavy atom. The van der Waals surface area contributed by atoms with Crippen molar-refractivity contribution in [2.45, 2.75) is 66.2 Å². The maximum atomic E-state index is 6.10. The summed E-state index contributed by atoms with van der Waals surface area (Å²) in [5.41, 5.74) is 4.38. The standard InChI is InChI=1S/C28H36N4O/c1-19(2)9-7-10-20(3)11-8-12-21(4)18-33-22-15-16-25-26(17-22)32-28-27(31-25)29-23-13-5-6-14-24(23)30-28/h5-6,13-17,19-21H,7-12,18H2,1-4H3. The van der Waals surface area contributed by atoms with E-state index >= 15 is 0 Å². The molecule has 0 fully saturated rings. The third kappa shape index (κ3) is 6.37. The summed E-state index contributed by atoms with van der Waals surface area (Å²) < 4.78 is 6.10. The molecule has 0 N–H and O–H groups in total. The van der Waals surface area contributed by atoms with E-state index in [0.29, 0.717) is 17.2 Å². The van der Waals surface area contributed by atoms with Crippen molar-refractivity contribution in [1.29, 1.82) is 0 Å². The zero-order valence-corrected chi connectivity index (χ0v) is 20.4. The van der Waals surface area contributed by atoms with Crippen molar-refractivity contribution in [3.05, 3.63) is 42.5 Å². The average molecular weight is 445 g/mol. The van der Waals surface area contributed by atoms with Crippen molar-refractivity contribution in [3.63, 3.8) is 0 Å². The Labute approximate surface area is 197 Å². The quantitative estimate of drug-likeness (QED) is 0.226. The summed E-state index contributed by atoms with van der Waals surface area (Å²) in [5, 5.41) is 0. The van der Waals surface area contributed by atoms with E-state index < -0.39 is 0 Å². The van der Waals surface area contributed by atoms with Gasteiger partial charge in [-0.1, -0.05) is 71.9 Å². The lowest BCUT2D eigenvalue weighted by Gasteiger charge is -2.16. The van der Waals surface area contributed by atoms with Crippen LogP contribution in [0.3, 0.4) is 0 Å². The van der Waals surface area contributed by atoms with Gasteiger partial charge in [-0.25, -0.2) is 19.9 Å². The maximum absolute atomic E-state index is 6.10. The van der Waals surface area contributed by atoms with Gasteiger partial charge in [0.2, 0.25) is 0 Å². The third-order valence-electron chi connectivity index (χ3n) is 6.34. The highest BCUT2D eigenvalue weighted by Gasteiger charge is 2.10. The highest BCUT2D eigenvalue weighted by molar-refractivity contribution is 5.88. The molecule has 4 aromatic rings. The van der Waals surface area contributed by atoms with E-state index in [0.717, 1.165) is 46.3 Å². The Morgan fingerprint density at radius 1 is 0.636 bits per heavy atom. The van der Waals surface area contributed by atoms with Crippen molar-refractivity contribution in [3.8, 4) is 5.75 Å². The van der Waals surface area contributed by atoms with Crippen LogP contribution >= 0.6 is 0 Å². The van der Waals surface area contributed by atoms with E-state index in [-0.39, 0.29) is 0 Å². The number of para-hydroxylation sites is 2. The van der Waals surface area contributed by atoms with Crippen LogP contribution in [-0.4, -0.2) is 26.5 Å². The van der Waals surface area contributed by atoms with Gasteiger partial charge in [-0.2, -0.15) is 0 Å². The van der Waals surface area contributed by atoms with Gasteiger partial charge in [-0.15, -0.1) is 0 Å². The number of nitrogens with zero attached hydrogens (tertiary/aromatic N) is 4. The third-order valence-corrected chi connectivity index (χ3v) is 6.34. The Hall–Kier alpha value is -2.82. The zero-order valence-electron chi connectivity index (χ0n) is 20.4. The Morgan fingerprint density at radius 2 is 1.18 bits per heavy atom. The topological polar surface area (TPSA) is 60.8 Å². The van der Waals surface area contributed by atoms with Crippen LogP contribution in [0.15, 0.2) is 42.5 Å². The van der Waals surface area contributed by atoms with E-state index in [1.54, 1.807) is 0 Å². The van der Waals surface area contributed by atoms with Crippen LogP contribution in [0.5, 0.6) is 5.75 Å². The first-order valence-corrected chi connectivity index (χ1v) is 12.4. The minimum Gasteiger partial charge on any atom is -0.493 e. The second-order valence-corrected chi connectivity index (χ2v) is 10.0. The van der Waals surface area contributed by atoms with Gasteiger partial charge < -0.3 is 4.74 Å². The minimum absolute atomic E-state index is 0.531. The first kappa shape index (κ1) is 23.3. The lowest BCUT2D eigenvalue weighted by atomic mass is 9.94. The average Bonchev–Trinajstić information content (AvgIpc) is 2.79. The molecule has 0 aliphatic carbocycles. The van der Waals surface area contributed by atoms with Gasteiger partial charge in [-0.3, -0.25) is 0 Å². The number of benzene rings is 2. The van der Waals surface area contributed by atoms with Gasteiger partial charge in [0.05, 0.1) is 28.7 Å². The fraction of sp³-hybridized carbons (Fsp3) is 0.500. The second kappa shape index (κ2) is 10.9. The SMILES string of the molecule is CC(C)CCCC(C)CCCC(C)COc1ccc2nc3nc4ccccc4nc3nc2c1. The monoisotopic (exact) mass is 444 g/mol. The molecule has 4 rings (SSSR count). The van der Waals surface area contributed by atoms with Crippen LogP contribution < -0.4 is 4.74 Å². The van der Waals surface area contributed by atoms with Crippen molar-refractivity contribution < 1.29 is 4.74 Å². The molecule has 2 atom stereocenters. The molecule has 2 aromatic heterocycles. The van der Waals surface area contributed by atoms with Crippen molar-refractivity contribution in [2.75, 3.05) is 6.61 Å². The summed E-state index contributed by atoms with van der Waals surface area (Å²) in [6.45, 7) is 10.0. The number of hydrogen-bond donors (Lipinski definition) is 0. The number of fused-ring (bicyclic) bond motifs is 3. The molecule has 5 nitrogen and oxygen atoms in total. The summed E-state index contributed by atoms with van der Waals surface area (Å²) in [6.07, 6.45) is 7.86. The molecule has 0 aliphatic rings. The van der Waals surface area contributed by atoms with E-state index in [9.17, 15) is 0 Å². The van der Waals surface area contributed by atoms with Gasteiger partial charge in [0.25, 0.3) is 0 Å². The molecule has 0 aliphatic heterocycles. The summed E-state index contributed by atoms with van der Waals surface area (Å²) in [5.74, 6) is 3.01. The fourth-order valence-electron chi connectivity index (χ4n) is 4.29. The molecular weight excluding hydrogens is 408 g/mol. The van der Waals surface area contributed by atoms with Crippen molar-refractivity contribution >= 4 is 33.4 Å². The van der Waals surface area contributed by atoms with E-state index in [1.165, 1.54) is 38.5 Å². The number of hydrogen-bond acceptors (Lipinski definition) is 5. The molecule has 2 unspecified atom stereocenters. The molecule has 2 aromatic carbocycles. The lowest BCUT2D eigenvalue weighted by molar-refractivity contribution is 0.246. The lowest BCUT2D eigenvalue weighted by Crippen LogP contribution is -2.09. The van der Waals surface area contributed by atoms with Crippen LogP contribution in [0.4, 0.5) is 0 Å². The molecule has 0 radical (unpaired) electrons. The summed E-state index contributed by atoms with van der Waals surface area (Å²) in [4.78, 5) is 18.6. The number of aromatic nitrogens is 4. The van der Waals surface area contributed by atoms with E-state index in [1.807, 2.05) is 42.5 Å².